The van der Waals surface area contributed by atoms with Crippen LogP contribution in [0.1, 0.15) is 60.3 Å². The molecule has 0 aromatic carbocycles. The third kappa shape index (κ3) is 5.55. The molecule has 0 spiro atoms. The van der Waals surface area contributed by atoms with Gasteiger partial charge in [-0.05, 0) is 39.5 Å². The minimum atomic E-state index is -1.42. The molecule has 0 bridgehead atoms. The standard InChI is InChI=1S/C20H30O5/c1-6-17(21)11-14(4)9-16-10-15(5)12-20(13-16,18(22)24-7-2)19(23)25-8-3/h9,12,14H,6-8,10-11,13H2,1-5H3/b16-9+. The number of hydrogen-bond donors (Lipinski definition) is 0. The van der Waals surface area contributed by atoms with Gasteiger partial charge in [-0.1, -0.05) is 37.1 Å². The van der Waals surface area contributed by atoms with Gasteiger partial charge in [-0.15, -0.1) is 0 Å². The summed E-state index contributed by atoms with van der Waals surface area (Å²) in [7, 11) is 0. The van der Waals surface area contributed by atoms with Gasteiger partial charge in [-0.25, -0.2) is 0 Å². The van der Waals surface area contributed by atoms with Crippen LogP contribution in [0.5, 0.6) is 0 Å². The molecule has 0 aliphatic heterocycles. The Labute approximate surface area is 150 Å². The summed E-state index contributed by atoms with van der Waals surface area (Å²) in [4.78, 5) is 36.8. The lowest BCUT2D eigenvalue weighted by atomic mass is 9.73. The van der Waals surface area contributed by atoms with E-state index in [0.29, 0.717) is 19.3 Å². The maximum atomic E-state index is 12.6. The van der Waals surface area contributed by atoms with Crippen molar-refractivity contribution in [2.24, 2.45) is 11.3 Å². The second-order valence-corrected chi connectivity index (χ2v) is 6.66. The molecule has 0 N–H and O–H groups in total. The molecule has 0 heterocycles. The molecular formula is C20H30O5. The smallest absolute Gasteiger partial charge is 0.327 e. The molecule has 1 aliphatic rings. The Morgan fingerprint density at radius 1 is 1.16 bits per heavy atom. The first kappa shape index (κ1) is 21.1. The number of allylic oxidation sites excluding steroid dienone is 3. The largest absolute Gasteiger partial charge is 0.465 e. The van der Waals surface area contributed by atoms with Gasteiger partial charge in [0.15, 0.2) is 5.41 Å². The van der Waals surface area contributed by atoms with Crippen LogP contribution >= 0.6 is 0 Å². The number of carbonyl (C=O) groups excluding carboxylic acids is 3. The van der Waals surface area contributed by atoms with Crippen LogP contribution < -0.4 is 0 Å². The monoisotopic (exact) mass is 350 g/mol. The highest BCUT2D eigenvalue weighted by atomic mass is 16.6. The molecule has 0 saturated carbocycles. The fraction of sp³-hybridized carbons (Fsp3) is 0.650. The Morgan fingerprint density at radius 2 is 1.72 bits per heavy atom. The van der Waals surface area contributed by atoms with E-state index in [1.54, 1.807) is 19.9 Å². The minimum Gasteiger partial charge on any atom is -0.465 e. The molecule has 5 heteroatoms. The summed E-state index contributed by atoms with van der Waals surface area (Å²) in [5.41, 5.74) is 0.472. The molecule has 0 saturated heterocycles. The average molecular weight is 350 g/mol. The molecular weight excluding hydrogens is 320 g/mol. The number of carbonyl (C=O) groups is 3. The molecule has 1 atom stereocenters. The van der Waals surface area contributed by atoms with Crippen LogP contribution in [0.15, 0.2) is 23.3 Å². The summed E-state index contributed by atoms with van der Waals surface area (Å²) >= 11 is 0. The van der Waals surface area contributed by atoms with E-state index in [-0.39, 0.29) is 31.3 Å². The molecule has 0 radical (unpaired) electrons. The number of esters is 2. The third-order valence-electron chi connectivity index (χ3n) is 4.25. The molecule has 140 valence electrons. The number of Topliss-reactive ketones (excluding diaryl/α,β-unsaturated/α-hetero) is 1. The van der Waals surface area contributed by atoms with Gasteiger partial charge in [0.1, 0.15) is 5.78 Å². The van der Waals surface area contributed by atoms with Crippen LogP contribution in [0.3, 0.4) is 0 Å². The lowest BCUT2D eigenvalue weighted by molar-refractivity contribution is -0.168. The molecule has 0 aromatic rings. The second kappa shape index (κ2) is 9.54. The van der Waals surface area contributed by atoms with Crippen LogP contribution in [0, 0.1) is 11.3 Å². The van der Waals surface area contributed by atoms with E-state index in [0.717, 1.165) is 11.1 Å². The summed E-state index contributed by atoms with van der Waals surface area (Å²) in [6.07, 6.45) is 5.61. The Bertz CT molecular complexity index is 553. The van der Waals surface area contributed by atoms with Gasteiger partial charge in [0.05, 0.1) is 13.2 Å². The SMILES string of the molecule is CCOC(=O)C1(C(=O)OCC)C=C(C)C/C(=C\C(C)CC(=O)CC)C1. The number of rotatable bonds is 8. The molecule has 0 fully saturated rings. The van der Waals surface area contributed by atoms with E-state index in [9.17, 15) is 14.4 Å². The highest BCUT2D eigenvalue weighted by molar-refractivity contribution is 6.03. The van der Waals surface area contributed by atoms with Crippen molar-refractivity contribution < 1.29 is 23.9 Å². The van der Waals surface area contributed by atoms with Crippen LogP contribution in [-0.2, 0) is 23.9 Å². The lowest BCUT2D eigenvalue weighted by Crippen LogP contribution is -2.42. The summed E-state index contributed by atoms with van der Waals surface area (Å²) in [6, 6.07) is 0. The fourth-order valence-electron chi connectivity index (χ4n) is 3.25. The van der Waals surface area contributed by atoms with Crippen molar-refractivity contribution >= 4 is 17.7 Å². The molecule has 1 rings (SSSR count). The van der Waals surface area contributed by atoms with E-state index in [2.05, 4.69) is 0 Å². The van der Waals surface area contributed by atoms with E-state index in [1.165, 1.54) is 0 Å². The molecule has 5 nitrogen and oxygen atoms in total. The first-order valence-electron chi connectivity index (χ1n) is 9.03. The van der Waals surface area contributed by atoms with Gasteiger partial charge in [0.25, 0.3) is 0 Å². The van der Waals surface area contributed by atoms with Crippen LogP contribution in [0.25, 0.3) is 0 Å². The fourth-order valence-corrected chi connectivity index (χ4v) is 3.25. The van der Waals surface area contributed by atoms with Crippen molar-refractivity contribution in [1.29, 1.82) is 0 Å². The van der Waals surface area contributed by atoms with E-state index in [1.807, 2.05) is 26.8 Å². The van der Waals surface area contributed by atoms with Crippen LogP contribution in [-0.4, -0.2) is 30.9 Å². The maximum Gasteiger partial charge on any atom is 0.327 e. The van der Waals surface area contributed by atoms with E-state index in [4.69, 9.17) is 9.47 Å². The van der Waals surface area contributed by atoms with Gasteiger partial charge in [-0.2, -0.15) is 0 Å². The van der Waals surface area contributed by atoms with Crippen molar-refractivity contribution in [3.05, 3.63) is 23.3 Å². The first-order chi connectivity index (χ1) is 11.8. The zero-order valence-corrected chi connectivity index (χ0v) is 16.0. The number of ketones is 1. The van der Waals surface area contributed by atoms with Crippen molar-refractivity contribution in [2.45, 2.75) is 60.3 Å². The highest BCUT2D eigenvalue weighted by Gasteiger charge is 2.49. The van der Waals surface area contributed by atoms with E-state index >= 15 is 0 Å². The van der Waals surface area contributed by atoms with Crippen molar-refractivity contribution in [3.8, 4) is 0 Å². The zero-order chi connectivity index (χ0) is 19.0. The summed E-state index contributed by atoms with van der Waals surface area (Å²) < 4.78 is 10.3. The minimum absolute atomic E-state index is 0.0652. The lowest BCUT2D eigenvalue weighted by Gasteiger charge is -2.32. The molecule has 25 heavy (non-hydrogen) atoms. The topological polar surface area (TPSA) is 69.7 Å². The van der Waals surface area contributed by atoms with Crippen LogP contribution in [0.4, 0.5) is 0 Å². The average Bonchev–Trinajstić information content (AvgIpc) is 2.54. The molecule has 1 aliphatic carbocycles. The van der Waals surface area contributed by atoms with Gasteiger partial charge >= 0.3 is 11.9 Å². The normalized spacial score (nSPS) is 19.1. The summed E-state index contributed by atoms with van der Waals surface area (Å²) in [5, 5.41) is 0. The molecule has 1 unspecified atom stereocenters. The predicted molar refractivity (Wildman–Crippen MR) is 95.9 cm³/mol. The van der Waals surface area contributed by atoms with E-state index < -0.39 is 17.4 Å². The quantitative estimate of drug-likeness (QED) is 0.379. The number of ether oxygens (including phenoxy) is 2. The Kier molecular flexibility index (Phi) is 8.07. The number of hydrogen-bond acceptors (Lipinski definition) is 5. The van der Waals surface area contributed by atoms with Crippen LogP contribution in [0.2, 0.25) is 0 Å². The van der Waals surface area contributed by atoms with Crippen molar-refractivity contribution in [2.75, 3.05) is 13.2 Å². The third-order valence-corrected chi connectivity index (χ3v) is 4.25. The Balaban J connectivity index is 3.17. The highest BCUT2D eigenvalue weighted by Crippen LogP contribution is 2.40. The van der Waals surface area contributed by atoms with Crippen molar-refractivity contribution in [1.82, 2.24) is 0 Å². The summed E-state index contributed by atoms with van der Waals surface area (Å²) in [5.74, 6) is -0.878. The second-order valence-electron chi connectivity index (χ2n) is 6.66. The first-order valence-corrected chi connectivity index (χ1v) is 9.03. The van der Waals surface area contributed by atoms with Gasteiger partial charge in [-0.3, -0.25) is 14.4 Å². The summed E-state index contributed by atoms with van der Waals surface area (Å²) in [6.45, 7) is 9.55. The maximum absolute atomic E-state index is 12.6. The Morgan fingerprint density at radius 3 is 2.20 bits per heavy atom. The zero-order valence-electron chi connectivity index (χ0n) is 16.0. The van der Waals surface area contributed by atoms with Gasteiger partial charge in [0.2, 0.25) is 0 Å². The van der Waals surface area contributed by atoms with Crippen molar-refractivity contribution in [3.63, 3.8) is 0 Å². The Hall–Kier alpha value is -1.91. The predicted octanol–water partition coefficient (Wildman–Crippen LogP) is 3.77. The van der Waals surface area contributed by atoms with Gasteiger partial charge < -0.3 is 9.47 Å². The molecule has 0 amide bonds. The van der Waals surface area contributed by atoms with Gasteiger partial charge in [0, 0.05) is 12.8 Å². The molecule has 0 aromatic heterocycles.